The van der Waals surface area contributed by atoms with Crippen LogP contribution in [-0.2, 0) is 11.0 Å². The summed E-state index contributed by atoms with van der Waals surface area (Å²) in [7, 11) is -0.902. The van der Waals surface area contributed by atoms with Crippen molar-refractivity contribution < 1.29 is 4.21 Å². The van der Waals surface area contributed by atoms with E-state index in [0.717, 1.165) is 6.54 Å². The Morgan fingerprint density at radius 2 is 2.38 bits per heavy atom. The molecule has 8 heavy (non-hydrogen) atoms. The van der Waals surface area contributed by atoms with Gasteiger partial charge in [0.05, 0.1) is 16.7 Å². The van der Waals surface area contributed by atoms with Crippen LogP contribution >= 0.6 is 11.6 Å². The van der Waals surface area contributed by atoms with Crippen LogP contribution in [0.15, 0.2) is 0 Å². The Morgan fingerprint density at radius 1 is 1.75 bits per heavy atom. The van der Waals surface area contributed by atoms with Gasteiger partial charge >= 0.3 is 0 Å². The van der Waals surface area contributed by atoms with Crippen molar-refractivity contribution >= 4 is 22.6 Å². The molecule has 0 radical (unpaired) electrons. The van der Waals surface area contributed by atoms with Crippen LogP contribution in [0.2, 0.25) is 0 Å². The molecule has 0 aliphatic carbocycles. The summed E-state index contributed by atoms with van der Waals surface area (Å²) in [5.74, 6) is 0.995. The monoisotopic (exact) mass is 155 g/mol. The third-order valence-corrected chi connectivity index (χ3v) is 2.17. The van der Waals surface area contributed by atoms with Crippen molar-refractivity contribution in [2.45, 2.75) is 6.92 Å². The third kappa shape index (κ3) is 4.56. The molecule has 0 spiro atoms. The van der Waals surface area contributed by atoms with Gasteiger partial charge in [-0.2, -0.15) is 0 Å². The van der Waals surface area contributed by atoms with E-state index in [9.17, 15) is 4.21 Å². The molecular weight excluding hydrogens is 146 g/mol. The van der Waals surface area contributed by atoms with E-state index < -0.39 is 11.0 Å². The highest BCUT2D eigenvalue weighted by molar-refractivity contribution is 7.83. The molecule has 0 saturated carbocycles. The number of nitrogens with one attached hydrogen (secondary N) is 1. The van der Waals surface area contributed by atoms with E-state index in [2.05, 4.69) is 4.72 Å². The molecule has 0 heterocycles. The van der Waals surface area contributed by atoms with Crippen molar-refractivity contribution in [2.24, 2.45) is 0 Å². The van der Waals surface area contributed by atoms with E-state index in [4.69, 9.17) is 11.6 Å². The van der Waals surface area contributed by atoms with Gasteiger partial charge < -0.3 is 0 Å². The zero-order chi connectivity index (χ0) is 6.41. The van der Waals surface area contributed by atoms with Crippen LogP contribution in [0.1, 0.15) is 6.92 Å². The Morgan fingerprint density at radius 3 is 2.75 bits per heavy atom. The summed E-state index contributed by atoms with van der Waals surface area (Å²) in [6.07, 6.45) is 0. The zero-order valence-corrected chi connectivity index (χ0v) is 6.39. The quantitative estimate of drug-likeness (QED) is 0.589. The number of rotatable bonds is 4. The van der Waals surface area contributed by atoms with Gasteiger partial charge in [0.1, 0.15) is 0 Å². The lowest BCUT2D eigenvalue weighted by molar-refractivity contribution is 0.675. The summed E-state index contributed by atoms with van der Waals surface area (Å²) in [4.78, 5) is 0. The number of hydrogen-bond acceptors (Lipinski definition) is 1. The lowest BCUT2D eigenvalue weighted by Crippen LogP contribution is -2.19. The van der Waals surface area contributed by atoms with Gasteiger partial charge in [-0.05, 0) is 0 Å². The van der Waals surface area contributed by atoms with Crippen LogP contribution < -0.4 is 4.72 Å². The Hall–Kier alpha value is 0.400. The minimum Gasteiger partial charge on any atom is -0.243 e. The number of hydrogen-bond donors (Lipinski definition) is 1. The molecule has 2 nitrogen and oxygen atoms in total. The minimum atomic E-state index is -0.902. The molecule has 0 aromatic heterocycles. The van der Waals surface area contributed by atoms with Crippen LogP contribution in [0, 0.1) is 0 Å². The average Bonchev–Trinajstić information content (AvgIpc) is 1.68. The average molecular weight is 156 g/mol. The summed E-state index contributed by atoms with van der Waals surface area (Å²) in [6, 6.07) is 0. The van der Waals surface area contributed by atoms with Crippen molar-refractivity contribution in [1.29, 1.82) is 0 Å². The fourth-order valence-electron chi connectivity index (χ4n) is 0.303. The summed E-state index contributed by atoms with van der Waals surface area (Å²) in [5.41, 5.74) is 0. The van der Waals surface area contributed by atoms with Crippen molar-refractivity contribution in [3.63, 3.8) is 0 Å². The van der Waals surface area contributed by atoms with Crippen LogP contribution in [0.3, 0.4) is 0 Å². The summed E-state index contributed by atoms with van der Waals surface area (Å²) in [6.45, 7) is 2.65. The normalized spacial score (nSPS) is 13.8. The second-order valence-electron chi connectivity index (χ2n) is 1.24. The molecule has 0 aromatic carbocycles. The SMILES string of the molecule is CCNS(=O)CCCl. The molecular formula is C4H10ClNOS. The van der Waals surface area contributed by atoms with Crippen LogP contribution in [0.4, 0.5) is 0 Å². The van der Waals surface area contributed by atoms with Gasteiger partial charge in [0.2, 0.25) is 0 Å². The van der Waals surface area contributed by atoms with Gasteiger partial charge in [0.15, 0.2) is 0 Å². The molecule has 0 saturated heterocycles. The minimum absolute atomic E-state index is 0.458. The van der Waals surface area contributed by atoms with Gasteiger partial charge in [-0.3, -0.25) is 0 Å². The van der Waals surface area contributed by atoms with E-state index in [1.807, 2.05) is 6.92 Å². The van der Waals surface area contributed by atoms with Crippen molar-refractivity contribution in [1.82, 2.24) is 4.72 Å². The smallest absolute Gasteiger partial charge is 0.0927 e. The fraction of sp³-hybridized carbons (Fsp3) is 1.00. The first-order chi connectivity index (χ1) is 3.81. The Bertz CT molecular complexity index is 70.4. The molecule has 0 rings (SSSR count). The Labute approximate surface area is 57.2 Å². The first-order valence-electron chi connectivity index (χ1n) is 2.49. The molecule has 1 atom stereocenters. The summed E-state index contributed by atoms with van der Waals surface area (Å²) >= 11 is 5.30. The zero-order valence-electron chi connectivity index (χ0n) is 4.82. The first kappa shape index (κ1) is 8.40. The van der Waals surface area contributed by atoms with E-state index in [1.165, 1.54) is 0 Å². The van der Waals surface area contributed by atoms with Crippen molar-refractivity contribution in [3.8, 4) is 0 Å². The van der Waals surface area contributed by atoms with Crippen LogP contribution in [-0.4, -0.2) is 22.4 Å². The highest BCUT2D eigenvalue weighted by Crippen LogP contribution is 1.78. The van der Waals surface area contributed by atoms with Crippen LogP contribution in [0.25, 0.3) is 0 Å². The fourth-order valence-corrected chi connectivity index (χ4v) is 1.33. The summed E-state index contributed by atoms with van der Waals surface area (Å²) < 4.78 is 13.3. The molecule has 0 aliphatic heterocycles. The van der Waals surface area contributed by atoms with E-state index in [0.29, 0.717) is 11.6 Å². The lowest BCUT2D eigenvalue weighted by Gasteiger charge is -1.95. The topological polar surface area (TPSA) is 29.1 Å². The predicted octanol–water partition coefficient (Wildman–Crippen LogP) is 0.498. The summed E-state index contributed by atoms with van der Waals surface area (Å²) in [5, 5.41) is 0. The van der Waals surface area contributed by atoms with E-state index in [-0.39, 0.29) is 0 Å². The van der Waals surface area contributed by atoms with Crippen LogP contribution in [0.5, 0.6) is 0 Å². The Kier molecular flexibility index (Phi) is 5.81. The van der Waals surface area contributed by atoms with E-state index >= 15 is 0 Å². The maximum Gasteiger partial charge on any atom is 0.0927 e. The highest BCUT2D eigenvalue weighted by Gasteiger charge is 1.91. The van der Waals surface area contributed by atoms with Gasteiger partial charge in [0.25, 0.3) is 0 Å². The predicted molar refractivity (Wildman–Crippen MR) is 37.4 cm³/mol. The standard InChI is InChI=1S/C4H10ClNOS/c1-2-6-8(7)4-3-5/h6H,2-4H2,1H3. The molecule has 50 valence electrons. The maximum atomic E-state index is 10.6. The molecule has 1 N–H and O–H groups in total. The number of alkyl halides is 1. The third-order valence-electron chi connectivity index (χ3n) is 0.568. The second kappa shape index (κ2) is 5.54. The van der Waals surface area contributed by atoms with Crippen molar-refractivity contribution in [2.75, 3.05) is 18.2 Å². The molecule has 0 fully saturated rings. The first-order valence-corrected chi connectivity index (χ1v) is 4.34. The van der Waals surface area contributed by atoms with Gasteiger partial charge in [-0.25, -0.2) is 8.93 Å². The molecule has 0 bridgehead atoms. The van der Waals surface area contributed by atoms with Gasteiger partial charge in [-0.1, -0.05) is 6.92 Å². The molecule has 0 aliphatic rings. The van der Waals surface area contributed by atoms with E-state index in [1.54, 1.807) is 0 Å². The number of halogens is 1. The second-order valence-corrected chi connectivity index (χ2v) is 3.00. The molecule has 0 amide bonds. The molecule has 0 aromatic rings. The van der Waals surface area contributed by atoms with Gasteiger partial charge in [-0.15, -0.1) is 11.6 Å². The highest BCUT2D eigenvalue weighted by atomic mass is 35.5. The molecule has 4 heteroatoms. The maximum absolute atomic E-state index is 10.6. The van der Waals surface area contributed by atoms with Gasteiger partial charge in [0, 0.05) is 12.4 Å². The lowest BCUT2D eigenvalue weighted by atomic mass is 10.8. The largest absolute Gasteiger partial charge is 0.243 e. The Balaban J connectivity index is 3.06. The van der Waals surface area contributed by atoms with Crippen molar-refractivity contribution in [3.05, 3.63) is 0 Å². The molecule has 1 unspecified atom stereocenters.